The second-order valence-corrected chi connectivity index (χ2v) is 6.59. The van der Waals surface area contributed by atoms with Crippen molar-refractivity contribution in [2.75, 3.05) is 0 Å². The van der Waals surface area contributed by atoms with Crippen LogP contribution in [-0.2, 0) is 4.79 Å². The predicted octanol–water partition coefficient (Wildman–Crippen LogP) is 2.94. The van der Waals surface area contributed by atoms with Crippen LogP contribution in [0.5, 0.6) is 0 Å². The van der Waals surface area contributed by atoms with Crippen LogP contribution >= 0.6 is 11.3 Å². The Hall–Kier alpha value is -2.94. The van der Waals surface area contributed by atoms with E-state index in [1.807, 2.05) is 11.4 Å². The molecule has 126 valence electrons. The van der Waals surface area contributed by atoms with Gasteiger partial charge in [0.1, 0.15) is 17.8 Å². The van der Waals surface area contributed by atoms with Gasteiger partial charge in [0.25, 0.3) is 5.95 Å². The molecule has 9 heteroatoms. The van der Waals surface area contributed by atoms with Crippen molar-refractivity contribution >= 4 is 29.0 Å². The van der Waals surface area contributed by atoms with Gasteiger partial charge in [0.15, 0.2) is 0 Å². The number of thiophene rings is 1. The van der Waals surface area contributed by atoms with E-state index in [9.17, 15) is 14.3 Å². The fourth-order valence-electron chi connectivity index (χ4n) is 3.03. The van der Waals surface area contributed by atoms with E-state index < -0.39 is 17.9 Å². The predicted molar refractivity (Wildman–Crippen MR) is 89.6 cm³/mol. The number of fused-ring (bicyclic) bond motifs is 1. The number of aliphatic carboxylic acids is 1. The number of carboxylic acids is 1. The van der Waals surface area contributed by atoms with Crippen molar-refractivity contribution in [3.8, 4) is 11.1 Å². The van der Waals surface area contributed by atoms with Gasteiger partial charge in [-0.3, -0.25) is 4.79 Å². The highest BCUT2D eigenvalue weighted by Gasteiger charge is 2.40. The lowest BCUT2D eigenvalue weighted by Gasteiger charge is -2.27. The van der Waals surface area contributed by atoms with E-state index in [0.717, 1.165) is 16.0 Å². The van der Waals surface area contributed by atoms with Gasteiger partial charge in [0, 0.05) is 10.6 Å². The fourth-order valence-corrected chi connectivity index (χ4v) is 4.07. The van der Waals surface area contributed by atoms with E-state index in [0.29, 0.717) is 5.71 Å². The second kappa shape index (κ2) is 5.85. The summed E-state index contributed by atoms with van der Waals surface area (Å²) in [5.74, 6) is -1.93. The van der Waals surface area contributed by atoms with Crippen LogP contribution in [0.15, 0.2) is 40.7 Å². The molecule has 0 bridgehead atoms. The van der Waals surface area contributed by atoms with Gasteiger partial charge in [0.2, 0.25) is 0 Å². The Morgan fingerprint density at radius 2 is 2.04 bits per heavy atom. The van der Waals surface area contributed by atoms with Crippen LogP contribution in [0.1, 0.15) is 17.8 Å². The topological polar surface area (TPSA) is 93.3 Å². The van der Waals surface area contributed by atoms with Crippen LogP contribution in [0.4, 0.5) is 10.3 Å². The van der Waals surface area contributed by atoms with Gasteiger partial charge in [-0.25, -0.2) is 14.1 Å². The van der Waals surface area contributed by atoms with Crippen LogP contribution in [0.3, 0.4) is 0 Å². The van der Waals surface area contributed by atoms with Crippen LogP contribution in [-0.4, -0.2) is 37.0 Å². The fraction of sp³-hybridized carbons (Fsp3) is 0.188. The average molecular weight is 357 g/mol. The number of halogens is 1. The molecule has 0 amide bonds. The van der Waals surface area contributed by atoms with Crippen molar-refractivity contribution in [1.29, 1.82) is 0 Å². The molecule has 25 heavy (non-hydrogen) atoms. The molecule has 1 aliphatic heterocycles. The van der Waals surface area contributed by atoms with E-state index in [1.54, 1.807) is 19.1 Å². The van der Waals surface area contributed by atoms with E-state index in [4.69, 9.17) is 0 Å². The number of hydrogen-bond acceptors (Lipinski definition) is 6. The largest absolute Gasteiger partial charge is 0.481 e. The molecule has 3 aromatic rings. The number of aliphatic imine (C=N–C) groups is 1. The Labute approximate surface area is 145 Å². The summed E-state index contributed by atoms with van der Waals surface area (Å²) in [5.41, 5.74) is 2.08. The van der Waals surface area contributed by atoms with E-state index in [1.165, 1.54) is 28.2 Å². The molecule has 3 heterocycles. The molecule has 0 saturated heterocycles. The highest BCUT2D eigenvalue weighted by atomic mass is 32.1. The van der Waals surface area contributed by atoms with E-state index in [2.05, 4.69) is 20.5 Å². The molecule has 7 nitrogen and oxygen atoms in total. The normalized spacial score (nSPS) is 19.4. The first-order valence-electron chi connectivity index (χ1n) is 7.45. The van der Waals surface area contributed by atoms with Gasteiger partial charge in [0.05, 0.1) is 0 Å². The molecule has 1 aromatic carbocycles. The lowest BCUT2D eigenvalue weighted by molar-refractivity contribution is -0.140. The molecule has 1 aliphatic rings. The highest BCUT2D eigenvalue weighted by Crippen LogP contribution is 2.42. The van der Waals surface area contributed by atoms with Crippen molar-refractivity contribution in [3.05, 3.63) is 46.4 Å². The number of tetrazole rings is 1. The second-order valence-electron chi connectivity index (χ2n) is 5.64. The zero-order valence-electron chi connectivity index (χ0n) is 13.0. The Kier molecular flexibility index (Phi) is 3.65. The van der Waals surface area contributed by atoms with Crippen LogP contribution < -0.4 is 0 Å². The number of benzene rings is 1. The quantitative estimate of drug-likeness (QED) is 0.778. The molecule has 0 radical (unpaired) electrons. The summed E-state index contributed by atoms with van der Waals surface area (Å²) in [6.45, 7) is 1.66. The van der Waals surface area contributed by atoms with Crippen LogP contribution in [0, 0.1) is 11.7 Å². The average Bonchev–Trinajstić information content (AvgIpc) is 3.22. The van der Waals surface area contributed by atoms with E-state index in [-0.39, 0.29) is 11.8 Å². The van der Waals surface area contributed by atoms with Gasteiger partial charge in [-0.1, -0.05) is 17.2 Å². The molecule has 1 N–H and O–H groups in total. The minimum atomic E-state index is -0.995. The molecule has 2 atom stereocenters. The minimum absolute atomic E-state index is 0.276. The molecule has 2 unspecified atom stereocenters. The standard InChI is InChI=1S/C16H12FN5O2S/c1-8-12(15(23)24)13(22-16(18-8)19-20-21-22)14-11(6-7-25-14)9-2-4-10(17)5-3-9/h2-7,12-13H,1H3,(H,23,24). The van der Waals surface area contributed by atoms with Crippen molar-refractivity contribution in [2.45, 2.75) is 13.0 Å². The third kappa shape index (κ3) is 2.52. The van der Waals surface area contributed by atoms with Crippen molar-refractivity contribution in [2.24, 2.45) is 10.9 Å². The third-order valence-corrected chi connectivity index (χ3v) is 5.15. The minimum Gasteiger partial charge on any atom is -0.481 e. The number of carbonyl (C=O) groups is 1. The highest BCUT2D eigenvalue weighted by molar-refractivity contribution is 7.10. The molecule has 0 spiro atoms. The Morgan fingerprint density at radius 1 is 1.28 bits per heavy atom. The Balaban J connectivity index is 1.89. The SMILES string of the molecule is CC1=Nc2nnnn2C(c2sccc2-c2ccc(F)cc2)C1C(=O)O. The van der Waals surface area contributed by atoms with Gasteiger partial charge < -0.3 is 5.11 Å². The summed E-state index contributed by atoms with van der Waals surface area (Å²) in [4.78, 5) is 16.9. The summed E-state index contributed by atoms with van der Waals surface area (Å²) in [6.07, 6.45) is 0. The number of rotatable bonds is 3. The van der Waals surface area contributed by atoms with Gasteiger partial charge in [-0.2, -0.15) is 0 Å². The van der Waals surface area contributed by atoms with Gasteiger partial charge in [-0.05, 0) is 52.1 Å². The van der Waals surface area contributed by atoms with Crippen molar-refractivity contribution in [3.63, 3.8) is 0 Å². The maximum Gasteiger partial charge on any atom is 0.314 e. The summed E-state index contributed by atoms with van der Waals surface area (Å²) < 4.78 is 14.7. The van der Waals surface area contributed by atoms with Crippen molar-refractivity contribution < 1.29 is 14.3 Å². The zero-order valence-corrected chi connectivity index (χ0v) is 13.8. The molecule has 0 aliphatic carbocycles. The lowest BCUT2D eigenvalue weighted by Crippen LogP contribution is -2.35. The zero-order chi connectivity index (χ0) is 17.6. The first kappa shape index (κ1) is 15.6. The molecule has 4 rings (SSSR count). The van der Waals surface area contributed by atoms with Crippen LogP contribution in [0.25, 0.3) is 11.1 Å². The summed E-state index contributed by atoms with van der Waals surface area (Å²) in [7, 11) is 0. The molecule has 2 aromatic heterocycles. The number of hydrogen-bond donors (Lipinski definition) is 1. The lowest BCUT2D eigenvalue weighted by atomic mass is 9.90. The Bertz CT molecular complexity index is 979. The Morgan fingerprint density at radius 3 is 2.76 bits per heavy atom. The summed E-state index contributed by atoms with van der Waals surface area (Å²) >= 11 is 1.42. The van der Waals surface area contributed by atoms with Gasteiger partial charge >= 0.3 is 5.97 Å². The van der Waals surface area contributed by atoms with Crippen molar-refractivity contribution in [1.82, 2.24) is 20.2 Å². The maximum absolute atomic E-state index is 13.2. The van der Waals surface area contributed by atoms with Gasteiger partial charge in [-0.15, -0.1) is 11.3 Å². The maximum atomic E-state index is 13.2. The number of carboxylic acid groups (broad SMARTS) is 1. The summed E-state index contributed by atoms with van der Waals surface area (Å²) in [5, 5.41) is 23.0. The first-order valence-corrected chi connectivity index (χ1v) is 8.33. The first-order chi connectivity index (χ1) is 12.1. The number of nitrogens with zero attached hydrogens (tertiary/aromatic N) is 5. The molecule has 0 saturated carbocycles. The van der Waals surface area contributed by atoms with E-state index >= 15 is 0 Å². The monoisotopic (exact) mass is 357 g/mol. The number of aromatic nitrogens is 4. The third-order valence-electron chi connectivity index (χ3n) is 4.17. The molecule has 0 fully saturated rings. The molecular formula is C16H12FN5O2S. The smallest absolute Gasteiger partial charge is 0.314 e. The molecular weight excluding hydrogens is 345 g/mol. The summed E-state index contributed by atoms with van der Waals surface area (Å²) in [6, 6.07) is 7.36. The van der Waals surface area contributed by atoms with Crippen LogP contribution in [0.2, 0.25) is 0 Å².